The molecule has 0 saturated heterocycles. The van der Waals surface area contributed by atoms with Gasteiger partial charge in [-0.15, -0.1) is 0 Å². The van der Waals surface area contributed by atoms with Gasteiger partial charge in [0, 0.05) is 6.42 Å². The van der Waals surface area contributed by atoms with E-state index in [9.17, 15) is 20.1 Å². The Morgan fingerprint density at radius 2 is 1.94 bits per heavy atom. The molecule has 0 aromatic heterocycles. The summed E-state index contributed by atoms with van der Waals surface area (Å²) in [6.45, 7) is 8.36. The molecule has 6 atom stereocenters. The highest BCUT2D eigenvalue weighted by atomic mass is 32.1. The van der Waals surface area contributed by atoms with Crippen molar-refractivity contribution in [1.29, 1.82) is 0 Å². The molecule has 0 aromatic carbocycles. The zero-order valence-corrected chi connectivity index (χ0v) is 20.8. The van der Waals surface area contributed by atoms with Crippen LogP contribution in [0.5, 0.6) is 0 Å². The molecule has 5 nitrogen and oxygen atoms in total. The van der Waals surface area contributed by atoms with Crippen molar-refractivity contribution in [3.63, 3.8) is 0 Å². The molecule has 31 heavy (non-hydrogen) atoms. The van der Waals surface area contributed by atoms with E-state index in [4.69, 9.17) is 12.6 Å². The van der Waals surface area contributed by atoms with Crippen LogP contribution in [0.2, 0.25) is 5.31 Å². The van der Waals surface area contributed by atoms with Crippen molar-refractivity contribution in [3.8, 4) is 0 Å². The molecule has 2 unspecified atom stereocenters. The van der Waals surface area contributed by atoms with Crippen LogP contribution in [0.3, 0.4) is 0 Å². The molecule has 2 radical (unpaired) electrons. The number of aliphatic hydroxyl groups excluding tert-OH is 2. The van der Waals surface area contributed by atoms with E-state index >= 15 is 0 Å². The molecule has 0 aliphatic heterocycles. The van der Waals surface area contributed by atoms with Crippen molar-refractivity contribution in [2.24, 2.45) is 16.7 Å². The van der Waals surface area contributed by atoms with E-state index in [0.29, 0.717) is 38.0 Å². The van der Waals surface area contributed by atoms with Crippen molar-refractivity contribution in [3.05, 3.63) is 0 Å². The van der Waals surface area contributed by atoms with Gasteiger partial charge in [0.1, 0.15) is 5.60 Å². The van der Waals surface area contributed by atoms with E-state index in [1.54, 1.807) is 6.92 Å². The predicted molar refractivity (Wildman–Crippen MR) is 127 cm³/mol. The molecule has 2 aliphatic carbocycles. The Kier molecular flexibility index (Phi) is 9.17. The Morgan fingerprint density at radius 1 is 1.26 bits per heavy atom. The zero-order chi connectivity index (χ0) is 23.5. The molecule has 0 spiro atoms. The van der Waals surface area contributed by atoms with E-state index in [2.05, 4.69) is 26.5 Å². The maximum atomic E-state index is 12.4. The van der Waals surface area contributed by atoms with Crippen LogP contribution in [0.15, 0.2) is 0 Å². The zero-order valence-electron chi connectivity index (χ0n) is 19.9. The van der Waals surface area contributed by atoms with Crippen molar-refractivity contribution in [1.82, 2.24) is 0 Å². The van der Waals surface area contributed by atoms with Gasteiger partial charge < -0.3 is 20.1 Å². The first-order valence-corrected chi connectivity index (χ1v) is 12.5. The molecule has 0 heterocycles. The van der Waals surface area contributed by atoms with E-state index < -0.39 is 23.3 Å². The normalized spacial score (nSPS) is 33.0. The number of aliphatic hydroxyl groups is 3. The fraction of sp³-hybridized carbons (Fsp3) is 0.958. The second kappa shape index (κ2) is 10.5. The highest BCUT2D eigenvalue weighted by Crippen LogP contribution is 2.60. The number of hydrogen-bond donors (Lipinski definition) is 4. The number of rotatable bonds is 12. The number of ketones is 1. The summed E-state index contributed by atoms with van der Waals surface area (Å²) >= 11 is 4.51. The lowest BCUT2D eigenvalue weighted by Gasteiger charge is -2.58. The molecule has 7 heteroatoms. The van der Waals surface area contributed by atoms with E-state index in [0.717, 1.165) is 37.9 Å². The monoisotopic (exact) mass is 454 g/mol. The minimum atomic E-state index is -1.14. The number of fused-ring (bicyclic) bond motifs is 2. The average Bonchev–Trinajstić information content (AvgIpc) is 2.64. The number of carbonyl (C=O) groups excluding carboxylic acids is 1. The van der Waals surface area contributed by atoms with Gasteiger partial charge in [0.15, 0.2) is 12.1 Å². The topological polar surface area (TPSA) is 87.0 Å². The highest BCUT2D eigenvalue weighted by Gasteiger charge is 2.58. The summed E-state index contributed by atoms with van der Waals surface area (Å²) in [4.78, 5) is 12.4. The lowest BCUT2D eigenvalue weighted by atomic mass is 9.48. The fourth-order valence-corrected chi connectivity index (χ4v) is 6.62. The molecule has 2 fully saturated rings. The van der Waals surface area contributed by atoms with Crippen LogP contribution in [0.1, 0.15) is 91.9 Å². The van der Waals surface area contributed by atoms with Gasteiger partial charge >= 0.3 is 0 Å². The molecule has 2 rings (SSSR count). The van der Waals surface area contributed by atoms with E-state index in [-0.39, 0.29) is 23.2 Å². The second-order valence-electron chi connectivity index (χ2n) is 11.3. The van der Waals surface area contributed by atoms with Crippen molar-refractivity contribution < 1.29 is 24.9 Å². The van der Waals surface area contributed by atoms with Crippen LogP contribution in [0, 0.1) is 16.7 Å². The second-order valence-corrected chi connectivity index (χ2v) is 11.7. The first-order chi connectivity index (χ1) is 14.3. The smallest absolute Gasteiger partial charge is 0.164 e. The predicted octanol–water partition coefficient (Wildman–Crippen LogP) is 3.84. The molecular formula is C24H43BO5S. The van der Waals surface area contributed by atoms with Gasteiger partial charge in [-0.2, -0.15) is 12.6 Å². The third kappa shape index (κ3) is 6.50. The SMILES string of the molecule is [B][C@](C)(CCCC(C)(C)[C@@H]1CC[C@@]2(O)C[C@]1(CCS)CCC2=O)C(O)OCCC(C)O. The van der Waals surface area contributed by atoms with Gasteiger partial charge in [-0.05, 0) is 79.7 Å². The summed E-state index contributed by atoms with van der Waals surface area (Å²) in [5.74, 6) is 1.19. The van der Waals surface area contributed by atoms with Crippen LogP contribution < -0.4 is 0 Å². The summed E-state index contributed by atoms with van der Waals surface area (Å²) in [7, 11) is 6.35. The largest absolute Gasteiger partial charge is 0.393 e. The molecule has 178 valence electrons. The third-order valence-corrected chi connectivity index (χ3v) is 8.29. The number of Topliss-reactive ketones (excluding diaryl/α,β-unsaturated/α-hetero) is 1. The number of carbonyl (C=O) groups is 1. The fourth-order valence-electron chi connectivity index (χ4n) is 6.17. The average molecular weight is 454 g/mol. The molecule has 0 amide bonds. The van der Waals surface area contributed by atoms with Crippen LogP contribution in [-0.4, -0.2) is 59.3 Å². The van der Waals surface area contributed by atoms with Crippen molar-refractivity contribution in [2.45, 2.75) is 115 Å². The summed E-state index contributed by atoms with van der Waals surface area (Å²) in [6, 6.07) is 0. The van der Waals surface area contributed by atoms with E-state index in [1.165, 1.54) is 0 Å². The Balaban J connectivity index is 1.99. The van der Waals surface area contributed by atoms with Crippen LogP contribution in [0.25, 0.3) is 0 Å². The van der Waals surface area contributed by atoms with Crippen LogP contribution in [0.4, 0.5) is 0 Å². The van der Waals surface area contributed by atoms with Gasteiger partial charge in [-0.25, -0.2) is 0 Å². The Bertz CT molecular complexity index is 611. The van der Waals surface area contributed by atoms with Gasteiger partial charge in [-0.3, -0.25) is 4.79 Å². The quantitative estimate of drug-likeness (QED) is 0.205. The lowest BCUT2D eigenvalue weighted by Crippen LogP contribution is -2.57. The van der Waals surface area contributed by atoms with Gasteiger partial charge in [0.2, 0.25) is 0 Å². The van der Waals surface area contributed by atoms with E-state index in [1.807, 2.05) is 6.92 Å². The summed E-state index contributed by atoms with van der Waals surface area (Å²) in [5, 5.41) is 29.8. The van der Waals surface area contributed by atoms with Crippen LogP contribution >= 0.6 is 12.6 Å². The minimum absolute atomic E-state index is 0.0158. The Morgan fingerprint density at radius 3 is 2.55 bits per heavy atom. The first-order valence-electron chi connectivity index (χ1n) is 11.9. The third-order valence-electron chi connectivity index (χ3n) is 8.06. The van der Waals surface area contributed by atoms with Gasteiger partial charge in [-0.1, -0.05) is 33.6 Å². The number of ether oxygens (including phenoxy) is 1. The number of thiol groups is 1. The Labute approximate surface area is 195 Å². The molecule has 2 bridgehead atoms. The standard InChI is InChI=1S/C24H43BO5S/c1-17(26)8-14-30-20(28)22(4,25)10-5-9-21(2,3)18-6-12-24(29)16-23(18,13-15-31)11-7-19(24)27/h17-18,20,26,28-29,31H,5-16H2,1-4H3/t17?,18-,20?,22+,23+,24+/m0/s1. The molecular weight excluding hydrogens is 411 g/mol. The molecule has 0 aromatic rings. The Hall–Kier alpha value is -0.0751. The lowest BCUT2D eigenvalue weighted by molar-refractivity contribution is -0.169. The number of hydrogen-bond acceptors (Lipinski definition) is 6. The summed E-state index contributed by atoms with van der Waals surface area (Å²) in [5.41, 5.74) is -1.15. The van der Waals surface area contributed by atoms with Gasteiger partial charge in [0.25, 0.3) is 0 Å². The van der Waals surface area contributed by atoms with Crippen molar-refractivity contribution >= 4 is 26.3 Å². The van der Waals surface area contributed by atoms with Gasteiger partial charge in [0.05, 0.1) is 20.6 Å². The molecule has 2 saturated carbocycles. The summed E-state index contributed by atoms with van der Waals surface area (Å²) < 4.78 is 5.44. The molecule has 3 N–H and O–H groups in total. The minimum Gasteiger partial charge on any atom is -0.393 e. The highest BCUT2D eigenvalue weighted by molar-refractivity contribution is 7.80. The maximum absolute atomic E-state index is 12.4. The van der Waals surface area contributed by atoms with Crippen LogP contribution in [-0.2, 0) is 9.53 Å². The summed E-state index contributed by atoms with van der Waals surface area (Å²) in [6.07, 6.45) is 5.56. The molecule has 2 aliphatic rings. The maximum Gasteiger partial charge on any atom is 0.164 e. The van der Waals surface area contributed by atoms with Crippen molar-refractivity contribution in [2.75, 3.05) is 12.4 Å². The first kappa shape index (κ1) is 27.2.